The van der Waals surface area contributed by atoms with Gasteiger partial charge in [-0.2, -0.15) is 0 Å². The first kappa shape index (κ1) is 14.0. The smallest absolute Gasteiger partial charge is 0.00914 e. The van der Waals surface area contributed by atoms with E-state index < -0.39 is 0 Å². The third kappa shape index (κ3) is 4.84. The minimum absolute atomic E-state index is 0.460. The monoisotopic (exact) mass is 226 g/mol. The van der Waals surface area contributed by atoms with Gasteiger partial charge in [0.15, 0.2) is 0 Å². The van der Waals surface area contributed by atoms with Crippen LogP contribution in [0.15, 0.2) is 0 Å². The minimum atomic E-state index is 0.460. The standard InChI is InChI=1S/C14H30N2/c1-3-5-6-7-8-10-16-11-9-14(15)13(4-2)12-16/h13-14H,3-12,15H2,1-2H3. The Kier molecular flexibility index (Phi) is 7.06. The summed E-state index contributed by atoms with van der Waals surface area (Å²) in [4.78, 5) is 2.63. The lowest BCUT2D eigenvalue weighted by molar-refractivity contribution is 0.149. The van der Waals surface area contributed by atoms with Crippen LogP contribution in [0.3, 0.4) is 0 Å². The zero-order valence-corrected chi connectivity index (χ0v) is 11.3. The summed E-state index contributed by atoms with van der Waals surface area (Å²) in [5.41, 5.74) is 6.12. The van der Waals surface area contributed by atoms with E-state index in [0.29, 0.717) is 6.04 Å². The Morgan fingerprint density at radius 1 is 1.12 bits per heavy atom. The fraction of sp³-hybridized carbons (Fsp3) is 1.00. The summed E-state index contributed by atoms with van der Waals surface area (Å²) in [6.45, 7) is 8.32. The van der Waals surface area contributed by atoms with Crippen molar-refractivity contribution in [3.05, 3.63) is 0 Å². The van der Waals surface area contributed by atoms with Crippen LogP contribution in [0.2, 0.25) is 0 Å². The van der Waals surface area contributed by atoms with Gasteiger partial charge in [0.2, 0.25) is 0 Å². The maximum Gasteiger partial charge on any atom is 0.00914 e. The SMILES string of the molecule is CCCCCCCN1CCC(N)C(CC)C1. The number of nitrogens with zero attached hydrogens (tertiary/aromatic N) is 1. The number of nitrogens with two attached hydrogens (primary N) is 1. The summed E-state index contributed by atoms with van der Waals surface area (Å²) in [7, 11) is 0. The third-order valence-electron chi connectivity index (χ3n) is 3.98. The Labute approximate surface area is 102 Å². The molecule has 0 radical (unpaired) electrons. The Morgan fingerprint density at radius 3 is 2.56 bits per heavy atom. The van der Waals surface area contributed by atoms with Crippen molar-refractivity contribution >= 4 is 0 Å². The van der Waals surface area contributed by atoms with E-state index in [9.17, 15) is 0 Å². The predicted molar refractivity (Wildman–Crippen MR) is 71.6 cm³/mol. The molecule has 1 aliphatic heterocycles. The van der Waals surface area contributed by atoms with E-state index in [1.807, 2.05) is 0 Å². The van der Waals surface area contributed by atoms with Crippen LogP contribution in [0.1, 0.15) is 58.8 Å². The number of unbranched alkanes of at least 4 members (excludes halogenated alkanes) is 4. The number of piperidine rings is 1. The Bertz CT molecular complexity index is 170. The molecule has 2 nitrogen and oxygen atoms in total. The number of hydrogen-bond acceptors (Lipinski definition) is 2. The molecule has 1 fully saturated rings. The molecule has 0 spiro atoms. The quantitative estimate of drug-likeness (QED) is 0.676. The molecule has 1 aliphatic rings. The van der Waals surface area contributed by atoms with Crippen LogP contribution < -0.4 is 5.73 Å². The van der Waals surface area contributed by atoms with Crippen LogP contribution in [-0.4, -0.2) is 30.6 Å². The first-order valence-corrected chi connectivity index (χ1v) is 7.25. The number of rotatable bonds is 7. The van der Waals surface area contributed by atoms with Gasteiger partial charge in [-0.1, -0.05) is 46.0 Å². The van der Waals surface area contributed by atoms with Crippen LogP contribution in [0.5, 0.6) is 0 Å². The van der Waals surface area contributed by atoms with Crippen molar-refractivity contribution in [3.63, 3.8) is 0 Å². The van der Waals surface area contributed by atoms with Gasteiger partial charge in [-0.3, -0.25) is 0 Å². The summed E-state index contributed by atoms with van der Waals surface area (Å²) in [5.74, 6) is 0.740. The van der Waals surface area contributed by atoms with Gasteiger partial charge in [-0.05, 0) is 31.8 Å². The molecule has 0 saturated carbocycles. The molecule has 0 bridgehead atoms. The van der Waals surface area contributed by atoms with E-state index in [4.69, 9.17) is 5.73 Å². The Morgan fingerprint density at radius 2 is 1.88 bits per heavy atom. The first-order chi connectivity index (χ1) is 7.77. The first-order valence-electron chi connectivity index (χ1n) is 7.25. The van der Waals surface area contributed by atoms with E-state index in [-0.39, 0.29) is 0 Å². The predicted octanol–water partition coefficient (Wildman–Crippen LogP) is 3.02. The van der Waals surface area contributed by atoms with Crippen molar-refractivity contribution in [1.29, 1.82) is 0 Å². The molecule has 0 aromatic heterocycles. The fourth-order valence-electron chi connectivity index (χ4n) is 2.70. The Balaban J connectivity index is 2.08. The average molecular weight is 226 g/mol. The van der Waals surface area contributed by atoms with Gasteiger partial charge in [-0.15, -0.1) is 0 Å². The van der Waals surface area contributed by atoms with Crippen LogP contribution in [0.25, 0.3) is 0 Å². The summed E-state index contributed by atoms with van der Waals surface area (Å²) in [6, 6.07) is 0.460. The minimum Gasteiger partial charge on any atom is -0.327 e. The molecule has 2 unspecified atom stereocenters. The van der Waals surface area contributed by atoms with E-state index >= 15 is 0 Å². The molecule has 16 heavy (non-hydrogen) atoms. The molecule has 0 amide bonds. The van der Waals surface area contributed by atoms with E-state index in [1.165, 1.54) is 64.6 Å². The van der Waals surface area contributed by atoms with Crippen LogP contribution in [-0.2, 0) is 0 Å². The molecule has 0 aromatic rings. The van der Waals surface area contributed by atoms with Gasteiger partial charge in [0.1, 0.15) is 0 Å². The van der Waals surface area contributed by atoms with E-state index in [0.717, 1.165) is 5.92 Å². The summed E-state index contributed by atoms with van der Waals surface area (Å²) < 4.78 is 0. The van der Waals surface area contributed by atoms with Gasteiger partial charge >= 0.3 is 0 Å². The van der Waals surface area contributed by atoms with Crippen LogP contribution in [0, 0.1) is 5.92 Å². The lowest BCUT2D eigenvalue weighted by Crippen LogP contribution is -2.47. The van der Waals surface area contributed by atoms with Crippen LogP contribution in [0.4, 0.5) is 0 Å². The molecule has 1 heterocycles. The second-order valence-corrected chi connectivity index (χ2v) is 5.34. The molecule has 0 aromatic carbocycles. The third-order valence-corrected chi connectivity index (χ3v) is 3.98. The molecule has 1 saturated heterocycles. The molecule has 0 aliphatic carbocycles. The topological polar surface area (TPSA) is 29.3 Å². The normalized spacial score (nSPS) is 27.2. The highest BCUT2D eigenvalue weighted by atomic mass is 15.1. The van der Waals surface area contributed by atoms with Crippen molar-refractivity contribution in [1.82, 2.24) is 4.90 Å². The second-order valence-electron chi connectivity index (χ2n) is 5.34. The maximum atomic E-state index is 6.12. The van der Waals surface area contributed by atoms with Gasteiger partial charge in [0.25, 0.3) is 0 Å². The lowest BCUT2D eigenvalue weighted by Gasteiger charge is -2.36. The zero-order valence-electron chi connectivity index (χ0n) is 11.3. The lowest BCUT2D eigenvalue weighted by atomic mass is 9.90. The van der Waals surface area contributed by atoms with Crippen molar-refractivity contribution in [2.45, 2.75) is 64.8 Å². The van der Waals surface area contributed by atoms with Gasteiger partial charge in [0, 0.05) is 12.6 Å². The number of hydrogen-bond donors (Lipinski definition) is 1. The van der Waals surface area contributed by atoms with E-state index in [2.05, 4.69) is 18.7 Å². The summed E-state index contributed by atoms with van der Waals surface area (Å²) in [5, 5.41) is 0. The zero-order chi connectivity index (χ0) is 11.8. The molecular weight excluding hydrogens is 196 g/mol. The van der Waals surface area contributed by atoms with E-state index in [1.54, 1.807) is 0 Å². The molecule has 2 atom stereocenters. The highest BCUT2D eigenvalue weighted by molar-refractivity contribution is 4.81. The average Bonchev–Trinajstić information content (AvgIpc) is 2.31. The number of likely N-dealkylation sites (tertiary alicyclic amines) is 1. The largest absolute Gasteiger partial charge is 0.327 e. The fourth-order valence-corrected chi connectivity index (χ4v) is 2.70. The van der Waals surface area contributed by atoms with Crippen molar-refractivity contribution < 1.29 is 0 Å². The Hall–Kier alpha value is -0.0800. The van der Waals surface area contributed by atoms with Gasteiger partial charge < -0.3 is 10.6 Å². The molecule has 1 rings (SSSR count). The summed E-state index contributed by atoms with van der Waals surface area (Å²) >= 11 is 0. The summed E-state index contributed by atoms with van der Waals surface area (Å²) in [6.07, 6.45) is 9.40. The molecule has 2 N–H and O–H groups in total. The van der Waals surface area contributed by atoms with Crippen molar-refractivity contribution in [2.24, 2.45) is 11.7 Å². The van der Waals surface area contributed by atoms with Crippen molar-refractivity contribution in [2.75, 3.05) is 19.6 Å². The van der Waals surface area contributed by atoms with Gasteiger partial charge in [-0.25, -0.2) is 0 Å². The molecule has 96 valence electrons. The van der Waals surface area contributed by atoms with Gasteiger partial charge in [0.05, 0.1) is 0 Å². The second kappa shape index (κ2) is 8.08. The molecule has 2 heteroatoms. The van der Waals surface area contributed by atoms with Crippen molar-refractivity contribution in [3.8, 4) is 0 Å². The highest BCUT2D eigenvalue weighted by Gasteiger charge is 2.24. The maximum absolute atomic E-state index is 6.12. The highest BCUT2D eigenvalue weighted by Crippen LogP contribution is 2.19. The molecular formula is C14H30N2. The van der Waals surface area contributed by atoms with Crippen LogP contribution >= 0.6 is 0 Å².